The van der Waals surface area contributed by atoms with Crippen LogP contribution < -0.4 is 10.1 Å². The lowest BCUT2D eigenvalue weighted by atomic mass is 9.98. The van der Waals surface area contributed by atoms with Crippen LogP contribution in [0.3, 0.4) is 0 Å². The first-order valence-corrected chi connectivity index (χ1v) is 7.43. The molecule has 2 unspecified atom stereocenters. The Labute approximate surface area is 132 Å². The van der Waals surface area contributed by atoms with Gasteiger partial charge in [-0.05, 0) is 36.1 Å². The number of methoxy groups -OCH3 is 2. The third-order valence-electron chi connectivity index (χ3n) is 3.89. The summed E-state index contributed by atoms with van der Waals surface area (Å²) in [6, 6.07) is 4.96. The van der Waals surface area contributed by atoms with Crippen LogP contribution in [0.5, 0.6) is 5.75 Å². The molecule has 0 spiro atoms. The van der Waals surface area contributed by atoms with E-state index in [0.717, 1.165) is 23.3 Å². The van der Waals surface area contributed by atoms with Crippen molar-refractivity contribution < 1.29 is 19.1 Å². The molecule has 2 atom stereocenters. The van der Waals surface area contributed by atoms with Gasteiger partial charge in [0.05, 0.1) is 20.6 Å². The van der Waals surface area contributed by atoms with Crippen molar-refractivity contribution in [3.8, 4) is 5.75 Å². The van der Waals surface area contributed by atoms with Crippen molar-refractivity contribution in [3.05, 3.63) is 29.3 Å². The van der Waals surface area contributed by atoms with E-state index >= 15 is 0 Å². The van der Waals surface area contributed by atoms with Gasteiger partial charge >= 0.3 is 5.97 Å². The van der Waals surface area contributed by atoms with Gasteiger partial charge in [0.25, 0.3) is 0 Å². The Morgan fingerprint density at radius 1 is 1.27 bits per heavy atom. The third-order valence-corrected chi connectivity index (χ3v) is 3.89. The number of benzene rings is 1. The van der Waals surface area contributed by atoms with E-state index in [1.54, 1.807) is 7.11 Å². The fourth-order valence-electron chi connectivity index (χ4n) is 2.19. The number of amides is 1. The summed E-state index contributed by atoms with van der Waals surface area (Å²) in [5.74, 6) is 0.181. The molecule has 0 radical (unpaired) electrons. The zero-order valence-corrected chi connectivity index (χ0v) is 13.9. The normalized spacial score (nSPS) is 13.1. The summed E-state index contributed by atoms with van der Waals surface area (Å²) in [5.41, 5.74) is 1.89. The van der Waals surface area contributed by atoms with Crippen molar-refractivity contribution in [3.63, 3.8) is 0 Å². The smallest absolute Gasteiger partial charge is 0.328 e. The number of esters is 1. The van der Waals surface area contributed by atoms with E-state index in [4.69, 9.17) is 9.47 Å². The van der Waals surface area contributed by atoms with Crippen molar-refractivity contribution in [2.45, 2.75) is 39.7 Å². The van der Waals surface area contributed by atoms with Gasteiger partial charge < -0.3 is 14.8 Å². The molecule has 0 aliphatic rings. The molecule has 1 aromatic carbocycles. The average molecular weight is 307 g/mol. The zero-order chi connectivity index (χ0) is 16.7. The fourth-order valence-corrected chi connectivity index (χ4v) is 2.19. The van der Waals surface area contributed by atoms with Crippen LogP contribution in [-0.4, -0.2) is 32.1 Å². The highest BCUT2D eigenvalue weighted by Crippen LogP contribution is 2.17. The molecule has 0 heterocycles. The van der Waals surface area contributed by atoms with Gasteiger partial charge in [-0.3, -0.25) is 4.79 Å². The van der Waals surface area contributed by atoms with Crippen LogP contribution in [0.25, 0.3) is 0 Å². The highest BCUT2D eigenvalue weighted by molar-refractivity contribution is 5.86. The van der Waals surface area contributed by atoms with E-state index in [1.807, 2.05) is 39.0 Å². The molecule has 0 saturated heterocycles. The number of nitrogens with one attached hydrogen (secondary N) is 1. The first-order chi connectivity index (χ1) is 10.4. The van der Waals surface area contributed by atoms with Crippen molar-refractivity contribution >= 4 is 11.9 Å². The lowest BCUT2D eigenvalue weighted by Gasteiger charge is -2.22. The molecule has 1 aromatic rings. The molecule has 0 bridgehead atoms. The Morgan fingerprint density at radius 3 is 2.45 bits per heavy atom. The third kappa shape index (κ3) is 4.76. The summed E-state index contributed by atoms with van der Waals surface area (Å²) in [4.78, 5) is 24.0. The van der Waals surface area contributed by atoms with Gasteiger partial charge in [0.15, 0.2) is 0 Å². The molecule has 0 aliphatic carbocycles. The molecule has 1 amide bonds. The van der Waals surface area contributed by atoms with Crippen LogP contribution in [0.4, 0.5) is 0 Å². The molecule has 5 nitrogen and oxygen atoms in total. The molecule has 1 rings (SSSR count). The van der Waals surface area contributed by atoms with Crippen LogP contribution in [0, 0.1) is 12.8 Å². The number of rotatable bonds is 7. The Kier molecular flexibility index (Phi) is 6.89. The maximum Gasteiger partial charge on any atom is 0.328 e. The number of aryl methyl sites for hydroxylation is 1. The minimum atomic E-state index is -0.610. The first-order valence-electron chi connectivity index (χ1n) is 7.43. The number of carbonyl (C=O) groups is 2. The molecule has 22 heavy (non-hydrogen) atoms. The molecular weight excluding hydrogens is 282 g/mol. The van der Waals surface area contributed by atoms with Crippen LogP contribution >= 0.6 is 0 Å². The maximum absolute atomic E-state index is 12.2. The van der Waals surface area contributed by atoms with Gasteiger partial charge in [0, 0.05) is 0 Å². The molecular formula is C17H25NO4. The summed E-state index contributed by atoms with van der Waals surface area (Å²) in [6.45, 7) is 5.82. The van der Waals surface area contributed by atoms with Crippen LogP contribution in [0.15, 0.2) is 18.2 Å². The molecule has 1 N–H and O–H groups in total. The van der Waals surface area contributed by atoms with Crippen LogP contribution in [0.2, 0.25) is 0 Å². The summed E-state index contributed by atoms with van der Waals surface area (Å²) in [6.07, 6.45) is 1.00. The second-order valence-corrected chi connectivity index (χ2v) is 5.42. The second kappa shape index (κ2) is 8.41. The SMILES string of the molecule is CCC(C)C(NC(=O)Cc1ccc(OC)cc1C)C(=O)OC. The first kappa shape index (κ1) is 18.0. The second-order valence-electron chi connectivity index (χ2n) is 5.42. The molecule has 0 aromatic heterocycles. The lowest BCUT2D eigenvalue weighted by Crippen LogP contribution is -2.46. The number of hydrogen-bond acceptors (Lipinski definition) is 4. The average Bonchev–Trinajstić information content (AvgIpc) is 2.52. The van der Waals surface area contributed by atoms with Gasteiger partial charge in [-0.25, -0.2) is 4.79 Å². The predicted molar refractivity (Wildman–Crippen MR) is 84.8 cm³/mol. The van der Waals surface area contributed by atoms with E-state index in [-0.39, 0.29) is 18.2 Å². The van der Waals surface area contributed by atoms with Gasteiger partial charge in [0.1, 0.15) is 11.8 Å². The minimum Gasteiger partial charge on any atom is -0.497 e. The summed E-state index contributed by atoms with van der Waals surface area (Å²) >= 11 is 0. The Balaban J connectivity index is 2.77. The standard InChI is InChI=1S/C17H25NO4/c1-6-11(2)16(17(20)22-5)18-15(19)10-13-7-8-14(21-4)9-12(13)3/h7-9,11,16H,6,10H2,1-5H3,(H,18,19). The molecule has 0 saturated carbocycles. The topological polar surface area (TPSA) is 64.6 Å². The molecule has 5 heteroatoms. The van der Waals surface area contributed by atoms with E-state index in [0.29, 0.717) is 0 Å². The van der Waals surface area contributed by atoms with Crippen molar-refractivity contribution in [2.24, 2.45) is 5.92 Å². The highest BCUT2D eigenvalue weighted by atomic mass is 16.5. The molecule has 0 fully saturated rings. The quantitative estimate of drug-likeness (QED) is 0.785. The molecule has 0 aliphatic heterocycles. The Hall–Kier alpha value is -2.04. The zero-order valence-electron chi connectivity index (χ0n) is 13.9. The summed E-state index contributed by atoms with van der Waals surface area (Å²) < 4.78 is 9.92. The number of hydrogen-bond donors (Lipinski definition) is 1. The Morgan fingerprint density at radius 2 is 1.95 bits per heavy atom. The van der Waals surface area contributed by atoms with Gasteiger partial charge in [0.2, 0.25) is 5.91 Å². The van der Waals surface area contributed by atoms with E-state index in [2.05, 4.69) is 5.32 Å². The summed E-state index contributed by atoms with van der Waals surface area (Å²) in [7, 11) is 2.94. The van der Waals surface area contributed by atoms with Crippen molar-refractivity contribution in [1.29, 1.82) is 0 Å². The van der Waals surface area contributed by atoms with Crippen molar-refractivity contribution in [2.75, 3.05) is 14.2 Å². The van der Waals surface area contributed by atoms with E-state index in [9.17, 15) is 9.59 Å². The van der Waals surface area contributed by atoms with Gasteiger partial charge in [-0.15, -0.1) is 0 Å². The van der Waals surface area contributed by atoms with E-state index in [1.165, 1.54) is 7.11 Å². The minimum absolute atomic E-state index is 0.0216. The van der Waals surface area contributed by atoms with E-state index < -0.39 is 12.0 Å². The largest absolute Gasteiger partial charge is 0.497 e. The predicted octanol–water partition coefficient (Wildman–Crippen LogP) is 2.25. The van der Waals surface area contributed by atoms with Gasteiger partial charge in [-0.1, -0.05) is 26.3 Å². The van der Waals surface area contributed by atoms with Crippen molar-refractivity contribution in [1.82, 2.24) is 5.32 Å². The monoisotopic (exact) mass is 307 g/mol. The maximum atomic E-state index is 12.2. The van der Waals surface area contributed by atoms with Crippen LogP contribution in [0.1, 0.15) is 31.4 Å². The Bertz CT molecular complexity index is 527. The number of ether oxygens (including phenoxy) is 2. The molecule has 122 valence electrons. The van der Waals surface area contributed by atoms with Gasteiger partial charge in [-0.2, -0.15) is 0 Å². The lowest BCUT2D eigenvalue weighted by molar-refractivity contribution is -0.146. The highest BCUT2D eigenvalue weighted by Gasteiger charge is 2.26. The fraction of sp³-hybridized carbons (Fsp3) is 0.529. The van der Waals surface area contributed by atoms with Crippen LogP contribution in [-0.2, 0) is 20.7 Å². The summed E-state index contributed by atoms with van der Waals surface area (Å²) in [5, 5.41) is 2.78. The number of carbonyl (C=O) groups excluding carboxylic acids is 2.